The fraction of sp³-hybridized carbons (Fsp3) is 0.450. The predicted octanol–water partition coefficient (Wildman–Crippen LogP) is 2.76. The van der Waals surface area contributed by atoms with Crippen molar-refractivity contribution in [2.24, 2.45) is 5.92 Å². The molecule has 1 aromatic carbocycles. The van der Waals surface area contributed by atoms with E-state index in [1.54, 1.807) is 4.90 Å². The van der Waals surface area contributed by atoms with Crippen LogP contribution in [0.2, 0.25) is 0 Å². The van der Waals surface area contributed by atoms with Crippen molar-refractivity contribution in [1.29, 1.82) is 0 Å². The number of hydrogen-bond acceptors (Lipinski definition) is 5. The van der Waals surface area contributed by atoms with Gasteiger partial charge in [-0.2, -0.15) is 0 Å². The molecule has 1 N–H and O–H groups in total. The largest absolute Gasteiger partial charge is 0.338 e. The second-order valence-electron chi connectivity index (χ2n) is 7.46. The van der Waals surface area contributed by atoms with E-state index in [-0.39, 0.29) is 23.5 Å². The summed E-state index contributed by atoms with van der Waals surface area (Å²) in [5.41, 5.74) is 1.52. The smallest absolute Gasteiger partial charge is 0.253 e. The van der Waals surface area contributed by atoms with Crippen LogP contribution in [-0.2, 0) is 17.8 Å². The van der Waals surface area contributed by atoms with Crippen LogP contribution in [0.4, 0.5) is 9.52 Å². The van der Waals surface area contributed by atoms with Crippen molar-refractivity contribution in [2.75, 3.05) is 32.0 Å². The van der Waals surface area contributed by atoms with Gasteiger partial charge in [-0.3, -0.25) is 9.59 Å². The lowest BCUT2D eigenvalue weighted by Crippen LogP contribution is -2.43. The second-order valence-corrected chi connectivity index (χ2v) is 8.55. The molecule has 0 unspecified atom stereocenters. The number of carbonyl (C=O) groups excluding carboxylic acids is 2. The normalized spacial score (nSPS) is 19.9. The number of carbonyl (C=O) groups is 2. The van der Waals surface area contributed by atoms with Gasteiger partial charge in [-0.05, 0) is 44.2 Å². The van der Waals surface area contributed by atoms with Crippen LogP contribution in [0.1, 0.15) is 33.8 Å². The molecule has 2 aliphatic rings. The van der Waals surface area contributed by atoms with Crippen LogP contribution in [-0.4, -0.2) is 53.3 Å². The number of piperidine rings is 1. The number of likely N-dealkylation sites (N-methyl/N-ethyl adjacent to an activating group) is 1. The van der Waals surface area contributed by atoms with Gasteiger partial charge < -0.3 is 15.1 Å². The molecule has 1 fully saturated rings. The van der Waals surface area contributed by atoms with E-state index in [9.17, 15) is 14.0 Å². The lowest BCUT2D eigenvalue weighted by molar-refractivity contribution is -0.121. The summed E-state index contributed by atoms with van der Waals surface area (Å²) >= 11 is 1.54. The quantitative estimate of drug-likeness (QED) is 0.857. The zero-order chi connectivity index (χ0) is 19.7. The maximum absolute atomic E-state index is 13.1. The summed E-state index contributed by atoms with van der Waals surface area (Å²) in [4.78, 5) is 35.1. The van der Waals surface area contributed by atoms with Crippen molar-refractivity contribution in [2.45, 2.75) is 25.8 Å². The van der Waals surface area contributed by atoms with E-state index in [0.717, 1.165) is 38.0 Å². The van der Waals surface area contributed by atoms with Crippen LogP contribution < -0.4 is 5.32 Å². The molecule has 148 valence electrons. The minimum absolute atomic E-state index is 0.0870. The first-order chi connectivity index (χ1) is 13.5. The van der Waals surface area contributed by atoms with Crippen LogP contribution in [0.25, 0.3) is 0 Å². The van der Waals surface area contributed by atoms with E-state index in [4.69, 9.17) is 0 Å². The van der Waals surface area contributed by atoms with Crippen LogP contribution in [0, 0.1) is 11.7 Å². The molecule has 3 heterocycles. The van der Waals surface area contributed by atoms with Gasteiger partial charge in [-0.15, -0.1) is 11.3 Å². The van der Waals surface area contributed by atoms with Gasteiger partial charge in [0, 0.05) is 43.0 Å². The van der Waals surface area contributed by atoms with Gasteiger partial charge in [-0.25, -0.2) is 9.37 Å². The standard InChI is InChI=1S/C20H23FN4O2S/c1-24-10-8-16-17(12-24)28-20(22-16)23-18(26)14-3-2-9-25(11-14)19(27)13-4-6-15(21)7-5-13/h4-7,14H,2-3,8-12H2,1H3,(H,22,23,26)/t14-/m1/s1. The van der Waals surface area contributed by atoms with Gasteiger partial charge in [0.2, 0.25) is 5.91 Å². The molecule has 0 saturated carbocycles. The Bertz CT molecular complexity index is 883. The van der Waals surface area contributed by atoms with E-state index >= 15 is 0 Å². The highest BCUT2D eigenvalue weighted by atomic mass is 32.1. The Morgan fingerprint density at radius 2 is 2.04 bits per heavy atom. The fourth-order valence-corrected chi connectivity index (χ4v) is 4.83. The van der Waals surface area contributed by atoms with Gasteiger partial charge in [0.1, 0.15) is 5.82 Å². The van der Waals surface area contributed by atoms with Crippen molar-refractivity contribution in [3.63, 3.8) is 0 Å². The lowest BCUT2D eigenvalue weighted by Gasteiger charge is -2.32. The first kappa shape index (κ1) is 19.0. The number of likely N-dealkylation sites (tertiary alicyclic amines) is 1. The highest BCUT2D eigenvalue weighted by molar-refractivity contribution is 7.15. The average Bonchev–Trinajstić information content (AvgIpc) is 3.09. The summed E-state index contributed by atoms with van der Waals surface area (Å²) in [7, 11) is 2.08. The van der Waals surface area contributed by atoms with Gasteiger partial charge in [-0.1, -0.05) is 0 Å². The molecule has 2 aliphatic heterocycles. The summed E-state index contributed by atoms with van der Waals surface area (Å²) in [5.74, 6) is -0.882. The number of fused-ring (bicyclic) bond motifs is 1. The highest BCUT2D eigenvalue weighted by Crippen LogP contribution is 2.29. The maximum atomic E-state index is 13.1. The second kappa shape index (κ2) is 7.97. The van der Waals surface area contributed by atoms with Crippen molar-refractivity contribution in [3.8, 4) is 0 Å². The summed E-state index contributed by atoms with van der Waals surface area (Å²) in [6, 6.07) is 5.53. The Balaban J connectivity index is 1.39. The van der Waals surface area contributed by atoms with E-state index in [2.05, 4.69) is 22.2 Å². The molecule has 28 heavy (non-hydrogen) atoms. The van der Waals surface area contributed by atoms with Gasteiger partial charge in [0.15, 0.2) is 5.13 Å². The van der Waals surface area contributed by atoms with Crippen molar-refractivity contribution in [3.05, 3.63) is 46.2 Å². The molecular formula is C20H23FN4O2S. The number of aromatic nitrogens is 1. The lowest BCUT2D eigenvalue weighted by atomic mass is 9.96. The number of benzene rings is 1. The van der Waals surface area contributed by atoms with Gasteiger partial charge in [0.05, 0.1) is 11.6 Å². The monoisotopic (exact) mass is 402 g/mol. The van der Waals surface area contributed by atoms with Crippen molar-refractivity contribution >= 4 is 28.3 Å². The topological polar surface area (TPSA) is 65.5 Å². The molecule has 0 aliphatic carbocycles. The molecule has 0 radical (unpaired) electrons. The third kappa shape index (κ3) is 4.07. The molecule has 4 rings (SSSR count). The molecule has 8 heteroatoms. The van der Waals surface area contributed by atoms with Crippen LogP contribution in [0.5, 0.6) is 0 Å². The van der Waals surface area contributed by atoms with Crippen LogP contribution >= 0.6 is 11.3 Å². The number of nitrogens with zero attached hydrogens (tertiary/aromatic N) is 3. The van der Waals surface area contributed by atoms with E-state index in [1.165, 1.54) is 40.5 Å². The number of hydrogen-bond donors (Lipinski definition) is 1. The fourth-order valence-electron chi connectivity index (χ4n) is 3.73. The number of amides is 2. The Hall–Kier alpha value is -2.32. The zero-order valence-electron chi connectivity index (χ0n) is 15.8. The molecule has 0 spiro atoms. The molecular weight excluding hydrogens is 379 g/mol. The third-order valence-electron chi connectivity index (χ3n) is 5.32. The van der Waals surface area contributed by atoms with Crippen LogP contribution in [0.15, 0.2) is 24.3 Å². The maximum Gasteiger partial charge on any atom is 0.253 e. The van der Waals surface area contributed by atoms with E-state index in [1.807, 2.05) is 0 Å². The number of nitrogens with one attached hydrogen (secondary N) is 1. The summed E-state index contributed by atoms with van der Waals surface area (Å²) < 4.78 is 13.1. The number of anilines is 1. The van der Waals surface area contributed by atoms with E-state index < -0.39 is 0 Å². The van der Waals surface area contributed by atoms with Crippen molar-refractivity contribution < 1.29 is 14.0 Å². The highest BCUT2D eigenvalue weighted by Gasteiger charge is 2.30. The zero-order valence-corrected chi connectivity index (χ0v) is 16.6. The molecule has 1 saturated heterocycles. The van der Waals surface area contributed by atoms with Crippen LogP contribution in [0.3, 0.4) is 0 Å². The first-order valence-electron chi connectivity index (χ1n) is 9.52. The molecule has 2 amide bonds. The van der Waals surface area contributed by atoms with Crippen molar-refractivity contribution in [1.82, 2.24) is 14.8 Å². The summed E-state index contributed by atoms with van der Waals surface area (Å²) in [6.07, 6.45) is 2.42. The summed E-state index contributed by atoms with van der Waals surface area (Å²) in [6.45, 7) is 2.83. The number of halogens is 1. The average molecular weight is 402 g/mol. The number of thiazole rings is 1. The number of rotatable bonds is 3. The van der Waals surface area contributed by atoms with Gasteiger partial charge >= 0.3 is 0 Å². The Kier molecular flexibility index (Phi) is 5.41. The Morgan fingerprint density at radius 1 is 1.25 bits per heavy atom. The molecule has 0 bridgehead atoms. The molecule has 1 aromatic heterocycles. The van der Waals surface area contributed by atoms with E-state index in [0.29, 0.717) is 23.8 Å². The molecule has 2 aromatic rings. The minimum atomic E-state index is -0.371. The minimum Gasteiger partial charge on any atom is -0.338 e. The first-order valence-corrected chi connectivity index (χ1v) is 10.3. The predicted molar refractivity (Wildman–Crippen MR) is 106 cm³/mol. The third-order valence-corrected chi connectivity index (χ3v) is 6.32. The molecule has 1 atom stereocenters. The Morgan fingerprint density at radius 3 is 2.82 bits per heavy atom. The summed E-state index contributed by atoms with van der Waals surface area (Å²) in [5, 5.41) is 3.60. The molecule has 6 nitrogen and oxygen atoms in total. The van der Waals surface area contributed by atoms with Gasteiger partial charge in [0.25, 0.3) is 5.91 Å². The SMILES string of the molecule is CN1CCc2nc(NC(=O)[C@@H]3CCCN(C(=O)c4ccc(F)cc4)C3)sc2C1. The Labute approximate surface area is 167 Å².